The average molecular weight is 830 g/mol. The SMILES string of the molecule is CC(C)(C)OC(=O)N[C@@H](CO)c1ccc(OS(=O)(=O)C(F)(F)F)cc1.CC[C@H]1CN(c2ccc(-c3ccc([C@H](CO)NC(=O)OC(C)(C)C)cc3)c(F)c2)C(=O)O1. The summed E-state index contributed by atoms with van der Waals surface area (Å²) >= 11 is 0. The molecule has 3 aromatic rings. The molecule has 1 fully saturated rings. The van der Waals surface area contributed by atoms with E-state index in [9.17, 15) is 50.6 Å². The predicted molar refractivity (Wildman–Crippen MR) is 200 cm³/mol. The molecule has 57 heavy (non-hydrogen) atoms. The Labute approximate surface area is 328 Å². The minimum absolute atomic E-state index is 0.188. The first-order valence-corrected chi connectivity index (χ1v) is 19.0. The largest absolute Gasteiger partial charge is 0.534 e. The zero-order valence-electron chi connectivity index (χ0n) is 32.3. The molecule has 1 aliphatic rings. The van der Waals surface area contributed by atoms with E-state index in [2.05, 4.69) is 14.8 Å². The van der Waals surface area contributed by atoms with Crippen LogP contribution in [-0.2, 0) is 24.3 Å². The summed E-state index contributed by atoms with van der Waals surface area (Å²) in [4.78, 5) is 37.1. The van der Waals surface area contributed by atoms with E-state index in [0.29, 0.717) is 40.9 Å². The highest BCUT2D eigenvalue weighted by Gasteiger charge is 2.48. The first-order chi connectivity index (χ1) is 26.4. The molecule has 0 radical (unpaired) electrons. The fraction of sp³-hybridized carbons (Fsp3) is 0.447. The molecule has 0 aromatic heterocycles. The summed E-state index contributed by atoms with van der Waals surface area (Å²) in [6.45, 7) is 11.7. The number of carbonyl (C=O) groups is 3. The summed E-state index contributed by atoms with van der Waals surface area (Å²) in [6.07, 6.45) is -1.39. The van der Waals surface area contributed by atoms with Crippen LogP contribution < -0.4 is 19.7 Å². The highest BCUT2D eigenvalue weighted by molar-refractivity contribution is 7.88. The number of hydrogen-bond acceptors (Lipinski definition) is 11. The monoisotopic (exact) mass is 829 g/mol. The lowest BCUT2D eigenvalue weighted by Crippen LogP contribution is -2.36. The molecule has 1 heterocycles. The maximum atomic E-state index is 14.9. The number of hydrogen-bond donors (Lipinski definition) is 4. The first-order valence-electron chi connectivity index (χ1n) is 17.6. The van der Waals surface area contributed by atoms with Gasteiger partial charge in [-0.2, -0.15) is 21.6 Å². The van der Waals surface area contributed by atoms with Gasteiger partial charge in [0.25, 0.3) is 0 Å². The van der Waals surface area contributed by atoms with Crippen molar-refractivity contribution in [3.63, 3.8) is 0 Å². The van der Waals surface area contributed by atoms with Crippen LogP contribution in [0.1, 0.15) is 78.1 Å². The lowest BCUT2D eigenvalue weighted by molar-refractivity contribution is -0.0500. The highest BCUT2D eigenvalue weighted by Crippen LogP contribution is 2.31. The van der Waals surface area contributed by atoms with E-state index in [1.165, 1.54) is 23.1 Å². The van der Waals surface area contributed by atoms with Gasteiger partial charge in [0.1, 0.15) is 28.9 Å². The van der Waals surface area contributed by atoms with Crippen LogP contribution in [0.2, 0.25) is 0 Å². The first kappa shape index (κ1) is 46.2. The maximum Gasteiger partial charge on any atom is 0.534 e. The molecule has 314 valence electrons. The van der Waals surface area contributed by atoms with Gasteiger partial charge in [-0.3, -0.25) is 4.90 Å². The number of nitrogens with zero attached hydrogens (tertiary/aromatic N) is 1. The number of aliphatic hydroxyl groups is 2. The molecule has 0 saturated carbocycles. The number of ether oxygens (including phenoxy) is 3. The van der Waals surface area contributed by atoms with Crippen molar-refractivity contribution < 1.29 is 69.0 Å². The van der Waals surface area contributed by atoms with E-state index < -0.39 is 75.4 Å². The summed E-state index contributed by atoms with van der Waals surface area (Å²) in [5, 5.41) is 24.0. The number of rotatable bonds is 11. The summed E-state index contributed by atoms with van der Waals surface area (Å²) in [5.74, 6) is -1.02. The van der Waals surface area contributed by atoms with Crippen LogP contribution in [0.25, 0.3) is 11.1 Å². The van der Waals surface area contributed by atoms with Crippen molar-refractivity contribution in [1.29, 1.82) is 0 Å². The summed E-state index contributed by atoms with van der Waals surface area (Å²) in [7, 11) is -5.77. The molecular weight excluding hydrogens is 782 g/mol. The number of alkyl halides is 3. The number of halogens is 4. The third kappa shape index (κ3) is 13.8. The van der Waals surface area contributed by atoms with Gasteiger partial charge in [-0.15, -0.1) is 0 Å². The number of carbonyl (C=O) groups excluding carboxylic acids is 3. The fourth-order valence-corrected chi connectivity index (χ4v) is 5.50. The Morgan fingerprint density at radius 1 is 0.842 bits per heavy atom. The van der Waals surface area contributed by atoms with Crippen molar-refractivity contribution in [3.8, 4) is 16.9 Å². The molecule has 3 amide bonds. The van der Waals surface area contributed by atoms with E-state index in [1.54, 1.807) is 77.9 Å². The molecule has 3 atom stereocenters. The normalized spacial score (nSPS) is 15.7. The highest BCUT2D eigenvalue weighted by atomic mass is 32.2. The van der Waals surface area contributed by atoms with Gasteiger partial charge in [0.2, 0.25) is 0 Å². The third-order valence-corrected chi connectivity index (χ3v) is 8.72. The predicted octanol–water partition coefficient (Wildman–Crippen LogP) is 7.26. The van der Waals surface area contributed by atoms with Gasteiger partial charge in [0.15, 0.2) is 0 Å². The van der Waals surface area contributed by atoms with Gasteiger partial charge < -0.3 is 39.2 Å². The summed E-state index contributed by atoms with van der Waals surface area (Å²) in [6, 6.07) is 14.3. The number of anilines is 1. The Morgan fingerprint density at radius 2 is 1.32 bits per heavy atom. The number of amides is 3. The minimum atomic E-state index is -5.77. The maximum absolute atomic E-state index is 14.9. The van der Waals surface area contributed by atoms with Gasteiger partial charge in [-0.25, -0.2) is 18.8 Å². The van der Waals surface area contributed by atoms with Crippen molar-refractivity contribution in [3.05, 3.63) is 83.7 Å². The molecule has 14 nitrogen and oxygen atoms in total. The topological polar surface area (TPSA) is 190 Å². The molecule has 0 unspecified atom stereocenters. The van der Waals surface area contributed by atoms with Crippen molar-refractivity contribution in [1.82, 2.24) is 10.6 Å². The number of nitrogens with one attached hydrogen (secondary N) is 2. The van der Waals surface area contributed by atoms with Gasteiger partial charge in [0.05, 0.1) is 37.5 Å². The van der Waals surface area contributed by atoms with Crippen molar-refractivity contribution >= 4 is 34.1 Å². The van der Waals surface area contributed by atoms with Crippen LogP contribution in [0.5, 0.6) is 5.75 Å². The van der Waals surface area contributed by atoms with Crippen LogP contribution in [0.4, 0.5) is 37.6 Å². The zero-order valence-corrected chi connectivity index (χ0v) is 33.2. The van der Waals surface area contributed by atoms with E-state index in [1.807, 2.05) is 6.92 Å². The number of cyclic esters (lactones) is 1. The minimum Gasteiger partial charge on any atom is -0.444 e. The van der Waals surface area contributed by atoms with Gasteiger partial charge in [0, 0.05) is 5.56 Å². The molecule has 0 spiro atoms. The van der Waals surface area contributed by atoms with Crippen molar-refractivity contribution in [2.45, 2.75) is 89.8 Å². The average Bonchev–Trinajstić information content (AvgIpc) is 3.48. The number of benzene rings is 3. The molecule has 0 bridgehead atoms. The Balaban J connectivity index is 0.000000316. The summed E-state index contributed by atoms with van der Waals surface area (Å²) in [5.41, 5.74) is -4.53. The molecule has 1 aliphatic heterocycles. The summed E-state index contributed by atoms with van der Waals surface area (Å²) < 4.78 is 92.9. The lowest BCUT2D eigenvalue weighted by atomic mass is 10.00. The zero-order chi connectivity index (χ0) is 42.9. The Morgan fingerprint density at radius 3 is 1.70 bits per heavy atom. The third-order valence-electron chi connectivity index (χ3n) is 7.74. The number of aliphatic hydroxyl groups excluding tert-OH is 2. The van der Waals surface area contributed by atoms with Gasteiger partial charge in [-0.1, -0.05) is 43.3 Å². The fourth-order valence-electron chi connectivity index (χ4n) is 5.04. The second kappa shape index (κ2) is 18.9. The molecule has 19 heteroatoms. The quantitative estimate of drug-likeness (QED) is 0.0659. The van der Waals surface area contributed by atoms with Gasteiger partial charge >= 0.3 is 33.9 Å². The Kier molecular flexibility index (Phi) is 15.3. The molecule has 4 N–H and O–H groups in total. The molecular formula is C38H47F4N3O11S. The number of alkyl carbamates (subject to hydrolysis) is 2. The van der Waals surface area contributed by atoms with E-state index in [4.69, 9.17) is 14.2 Å². The van der Waals surface area contributed by atoms with Crippen molar-refractivity contribution in [2.75, 3.05) is 24.7 Å². The molecule has 3 aromatic carbocycles. The van der Waals surface area contributed by atoms with Crippen LogP contribution in [-0.4, -0.2) is 79.5 Å². The van der Waals surface area contributed by atoms with Crippen LogP contribution >= 0.6 is 0 Å². The van der Waals surface area contributed by atoms with E-state index in [-0.39, 0.29) is 12.7 Å². The van der Waals surface area contributed by atoms with E-state index in [0.717, 1.165) is 12.1 Å². The second-order valence-electron chi connectivity index (χ2n) is 14.6. The molecule has 0 aliphatic carbocycles. The van der Waals surface area contributed by atoms with Crippen LogP contribution in [0.15, 0.2) is 66.7 Å². The van der Waals surface area contributed by atoms with E-state index >= 15 is 0 Å². The Hall–Kier alpha value is -5.14. The van der Waals surface area contributed by atoms with Crippen molar-refractivity contribution in [2.24, 2.45) is 0 Å². The standard InChI is InChI=1S/C24H29FN2O5.C14H18F3NO6S/c1-5-18-13-27(23(30)31-18)17-10-11-19(20(25)12-17)15-6-8-16(9-7-15)21(14-28)26-22(29)32-24(2,3)4;1-13(2,3)23-12(20)18-11(8-19)9-4-6-10(7-5-9)24-25(21,22)14(15,16)17/h6-12,18,21,28H,5,13-14H2,1-4H3,(H,26,29);4-7,11,19H,8H2,1-3H3,(H,18,20)/t18-,21-;11-/m00/s1. The van der Waals surface area contributed by atoms with Crippen LogP contribution in [0.3, 0.4) is 0 Å². The van der Waals surface area contributed by atoms with Gasteiger partial charge in [-0.05, 0) is 95.0 Å². The second-order valence-corrected chi connectivity index (χ2v) is 16.2. The Bertz CT molecular complexity index is 1950. The molecule has 1 saturated heterocycles. The lowest BCUT2D eigenvalue weighted by Gasteiger charge is -2.23. The molecule has 4 rings (SSSR count). The smallest absolute Gasteiger partial charge is 0.444 e. The van der Waals surface area contributed by atoms with Crippen LogP contribution in [0, 0.1) is 5.82 Å².